The highest BCUT2D eigenvalue weighted by atomic mass is 14.9. The van der Waals surface area contributed by atoms with Crippen LogP contribution in [0.15, 0.2) is 58.8 Å². The molecule has 23 heavy (non-hydrogen) atoms. The van der Waals surface area contributed by atoms with Crippen molar-refractivity contribution in [2.24, 2.45) is 9.98 Å². The van der Waals surface area contributed by atoms with Crippen LogP contribution >= 0.6 is 0 Å². The molecule has 0 aliphatic carbocycles. The number of nitrogens with zero attached hydrogens (tertiary/aromatic N) is 2. The number of aromatic amines is 2. The molecule has 0 spiro atoms. The fraction of sp³-hybridized carbons (Fsp3) is 0.0588. The van der Waals surface area contributed by atoms with E-state index in [9.17, 15) is 0 Å². The van der Waals surface area contributed by atoms with Crippen LogP contribution in [-0.4, -0.2) is 21.4 Å². The Morgan fingerprint density at radius 3 is 1.65 bits per heavy atom. The molecule has 0 radical (unpaired) electrons. The molecule has 6 nitrogen and oxygen atoms in total. The zero-order valence-electron chi connectivity index (χ0n) is 12.4. The van der Waals surface area contributed by atoms with Gasteiger partial charge in [0, 0.05) is 18.8 Å². The number of aromatic nitrogens is 2. The standard InChI is InChI=1S/C17H16N6/c18-10-7-14-15(8-11(10)19)23-17(13-4-2-6-21-13)9-16(22-14)12-3-1-5-20-12/h1-8,20-21H,9,18-19H2. The van der Waals surface area contributed by atoms with Crippen molar-refractivity contribution in [1.29, 1.82) is 0 Å². The van der Waals surface area contributed by atoms with Gasteiger partial charge in [0.15, 0.2) is 0 Å². The molecule has 3 heterocycles. The van der Waals surface area contributed by atoms with Gasteiger partial charge in [-0.15, -0.1) is 0 Å². The Bertz CT molecular complexity index is 826. The van der Waals surface area contributed by atoms with Gasteiger partial charge in [0.1, 0.15) is 0 Å². The number of fused-ring (bicyclic) bond motifs is 1. The third-order valence-corrected chi connectivity index (χ3v) is 3.84. The highest BCUT2D eigenvalue weighted by Gasteiger charge is 2.18. The molecule has 2 aromatic heterocycles. The number of aliphatic imine (C=N–C) groups is 2. The van der Waals surface area contributed by atoms with Gasteiger partial charge < -0.3 is 21.4 Å². The molecule has 0 atom stereocenters. The molecule has 0 saturated heterocycles. The maximum Gasteiger partial charge on any atom is 0.0912 e. The summed E-state index contributed by atoms with van der Waals surface area (Å²) < 4.78 is 0. The maximum atomic E-state index is 5.93. The van der Waals surface area contributed by atoms with Crippen LogP contribution in [0, 0.1) is 0 Å². The van der Waals surface area contributed by atoms with E-state index < -0.39 is 0 Å². The van der Waals surface area contributed by atoms with Crippen LogP contribution in [0.4, 0.5) is 22.7 Å². The van der Waals surface area contributed by atoms with Crippen LogP contribution < -0.4 is 11.5 Å². The van der Waals surface area contributed by atoms with Gasteiger partial charge in [0.25, 0.3) is 0 Å². The number of hydrogen-bond donors (Lipinski definition) is 4. The summed E-state index contributed by atoms with van der Waals surface area (Å²) in [6.07, 6.45) is 4.37. The first kappa shape index (κ1) is 13.4. The number of nitrogens with one attached hydrogen (secondary N) is 2. The summed E-state index contributed by atoms with van der Waals surface area (Å²) >= 11 is 0. The van der Waals surface area contributed by atoms with Crippen LogP contribution in [0.3, 0.4) is 0 Å². The van der Waals surface area contributed by atoms with E-state index in [-0.39, 0.29) is 0 Å². The molecule has 0 amide bonds. The van der Waals surface area contributed by atoms with Gasteiger partial charge in [-0.05, 0) is 36.4 Å². The smallest absolute Gasteiger partial charge is 0.0912 e. The minimum atomic E-state index is 0.511. The van der Waals surface area contributed by atoms with Crippen LogP contribution in [0.1, 0.15) is 17.8 Å². The van der Waals surface area contributed by atoms with Crippen molar-refractivity contribution in [3.05, 3.63) is 60.2 Å². The Morgan fingerprint density at radius 2 is 1.26 bits per heavy atom. The number of benzene rings is 1. The van der Waals surface area contributed by atoms with Crippen molar-refractivity contribution in [1.82, 2.24) is 9.97 Å². The Morgan fingerprint density at radius 1 is 0.783 bits per heavy atom. The summed E-state index contributed by atoms with van der Waals surface area (Å²) in [5.74, 6) is 0. The van der Waals surface area contributed by atoms with Crippen LogP contribution in [0.5, 0.6) is 0 Å². The normalized spacial score (nSPS) is 13.9. The van der Waals surface area contributed by atoms with E-state index in [1.807, 2.05) is 36.7 Å². The lowest BCUT2D eigenvalue weighted by Gasteiger charge is -2.05. The summed E-state index contributed by atoms with van der Waals surface area (Å²) in [6, 6.07) is 11.4. The van der Waals surface area contributed by atoms with Gasteiger partial charge in [-0.3, -0.25) is 0 Å². The third kappa shape index (κ3) is 2.40. The largest absolute Gasteiger partial charge is 0.397 e. The Kier molecular flexibility index (Phi) is 3.01. The van der Waals surface area contributed by atoms with Crippen molar-refractivity contribution < 1.29 is 0 Å². The second-order valence-corrected chi connectivity index (χ2v) is 5.43. The molecular weight excluding hydrogens is 288 g/mol. The van der Waals surface area contributed by atoms with Gasteiger partial charge in [-0.2, -0.15) is 0 Å². The molecule has 6 heteroatoms. The van der Waals surface area contributed by atoms with Crippen molar-refractivity contribution in [3.63, 3.8) is 0 Å². The number of anilines is 2. The van der Waals surface area contributed by atoms with E-state index >= 15 is 0 Å². The number of H-pyrrole nitrogens is 2. The highest BCUT2D eigenvalue weighted by molar-refractivity contribution is 6.19. The molecule has 1 aliphatic rings. The van der Waals surface area contributed by atoms with Crippen LogP contribution in [0.25, 0.3) is 0 Å². The predicted molar refractivity (Wildman–Crippen MR) is 93.9 cm³/mol. The molecule has 0 saturated carbocycles. The zero-order valence-corrected chi connectivity index (χ0v) is 12.4. The maximum absolute atomic E-state index is 5.93. The number of nitrogens with two attached hydrogens (primary N) is 2. The van der Waals surface area contributed by atoms with Crippen molar-refractivity contribution in [2.45, 2.75) is 6.42 Å². The van der Waals surface area contributed by atoms with Gasteiger partial charge in [0.05, 0.1) is 45.6 Å². The summed E-state index contributed by atoms with van der Waals surface area (Å²) in [5.41, 5.74) is 18.1. The summed E-state index contributed by atoms with van der Waals surface area (Å²) in [4.78, 5) is 15.9. The van der Waals surface area contributed by atoms with Gasteiger partial charge in [-0.1, -0.05) is 0 Å². The van der Waals surface area contributed by atoms with Crippen LogP contribution in [0.2, 0.25) is 0 Å². The lowest BCUT2D eigenvalue weighted by atomic mass is 10.1. The van der Waals surface area contributed by atoms with E-state index in [4.69, 9.17) is 21.5 Å². The van der Waals surface area contributed by atoms with Gasteiger partial charge >= 0.3 is 0 Å². The van der Waals surface area contributed by atoms with Crippen molar-refractivity contribution in [3.8, 4) is 0 Å². The Labute approximate surface area is 133 Å². The molecular formula is C17H16N6. The first-order valence-corrected chi connectivity index (χ1v) is 7.32. The summed E-state index contributed by atoms with van der Waals surface area (Å²) in [5, 5.41) is 0. The minimum Gasteiger partial charge on any atom is -0.397 e. The van der Waals surface area contributed by atoms with Gasteiger partial charge in [-0.25, -0.2) is 9.98 Å². The summed E-state index contributed by atoms with van der Waals surface area (Å²) in [7, 11) is 0. The molecule has 1 aromatic carbocycles. The monoisotopic (exact) mass is 304 g/mol. The third-order valence-electron chi connectivity index (χ3n) is 3.84. The fourth-order valence-corrected chi connectivity index (χ4v) is 2.65. The second kappa shape index (κ2) is 5.17. The fourth-order valence-electron chi connectivity index (χ4n) is 2.65. The highest BCUT2D eigenvalue weighted by Crippen LogP contribution is 2.37. The average molecular weight is 304 g/mol. The molecule has 4 rings (SSSR count). The predicted octanol–water partition coefficient (Wildman–Crippen LogP) is 3.15. The van der Waals surface area contributed by atoms with E-state index in [0.29, 0.717) is 17.8 Å². The molecule has 0 unspecified atom stereocenters. The first-order valence-electron chi connectivity index (χ1n) is 7.32. The van der Waals surface area contributed by atoms with E-state index in [0.717, 1.165) is 34.2 Å². The quantitative estimate of drug-likeness (QED) is 0.546. The molecule has 3 aromatic rings. The van der Waals surface area contributed by atoms with Crippen molar-refractivity contribution in [2.75, 3.05) is 11.5 Å². The van der Waals surface area contributed by atoms with Gasteiger partial charge in [0.2, 0.25) is 0 Å². The lowest BCUT2D eigenvalue weighted by molar-refractivity contribution is 1.30. The minimum absolute atomic E-state index is 0.511. The molecule has 0 bridgehead atoms. The van der Waals surface area contributed by atoms with E-state index in [2.05, 4.69) is 9.97 Å². The Hall–Kier alpha value is -3.28. The average Bonchev–Trinajstić information content (AvgIpc) is 3.21. The number of rotatable bonds is 2. The lowest BCUT2D eigenvalue weighted by Crippen LogP contribution is -2.10. The summed E-state index contributed by atoms with van der Waals surface area (Å²) in [6.45, 7) is 0. The molecule has 1 aliphatic heterocycles. The number of hydrogen-bond acceptors (Lipinski definition) is 4. The SMILES string of the molecule is Nc1cc2c(cc1N)N=C(c1ccc[nH]1)CC(c1ccc[nH]1)=N2. The molecule has 0 fully saturated rings. The molecule has 114 valence electrons. The second-order valence-electron chi connectivity index (χ2n) is 5.43. The number of nitrogen functional groups attached to an aromatic ring is 2. The topological polar surface area (TPSA) is 108 Å². The molecule has 6 N–H and O–H groups in total. The van der Waals surface area contributed by atoms with Crippen molar-refractivity contribution >= 4 is 34.2 Å². The zero-order chi connectivity index (χ0) is 15.8. The van der Waals surface area contributed by atoms with E-state index in [1.165, 1.54) is 0 Å². The van der Waals surface area contributed by atoms with E-state index in [1.54, 1.807) is 12.1 Å². The van der Waals surface area contributed by atoms with Crippen LogP contribution in [-0.2, 0) is 0 Å². The Balaban J connectivity index is 1.92. The first-order chi connectivity index (χ1) is 11.2.